The second-order valence-corrected chi connectivity index (χ2v) is 5.42. The van der Waals surface area contributed by atoms with Gasteiger partial charge in [0.15, 0.2) is 0 Å². The van der Waals surface area contributed by atoms with E-state index in [2.05, 4.69) is 5.32 Å². The zero-order valence-electron chi connectivity index (χ0n) is 10.2. The molecule has 104 valence electrons. The lowest BCUT2D eigenvalue weighted by Crippen LogP contribution is -2.40. The van der Waals surface area contributed by atoms with Crippen molar-refractivity contribution in [2.24, 2.45) is 10.8 Å². The van der Waals surface area contributed by atoms with Gasteiger partial charge >= 0.3 is 12.1 Å². The minimum atomic E-state index is -4.46. The summed E-state index contributed by atoms with van der Waals surface area (Å²) in [5.41, 5.74) is -3.07. The van der Waals surface area contributed by atoms with Gasteiger partial charge in [-0.2, -0.15) is 13.2 Å². The molecule has 0 aromatic heterocycles. The highest BCUT2D eigenvalue weighted by atomic mass is 19.4. The summed E-state index contributed by atoms with van der Waals surface area (Å²) < 4.78 is 37.6. The maximum Gasteiger partial charge on any atom is 0.394 e. The van der Waals surface area contributed by atoms with E-state index in [-0.39, 0.29) is 6.54 Å². The molecule has 0 atom stereocenters. The highest BCUT2D eigenvalue weighted by molar-refractivity contribution is 5.81. The quantitative estimate of drug-likeness (QED) is 0.800. The molecule has 4 nitrogen and oxygen atoms in total. The van der Waals surface area contributed by atoms with Crippen LogP contribution >= 0.6 is 0 Å². The van der Waals surface area contributed by atoms with Crippen molar-refractivity contribution in [1.29, 1.82) is 0 Å². The number of aliphatic carboxylic acids is 1. The molecule has 2 N–H and O–H groups in total. The molecule has 1 rings (SSSR count). The molecule has 1 saturated carbocycles. The summed E-state index contributed by atoms with van der Waals surface area (Å²) in [7, 11) is 0. The third-order valence-corrected chi connectivity index (χ3v) is 3.30. The minimum Gasteiger partial charge on any atom is -0.481 e. The van der Waals surface area contributed by atoms with Gasteiger partial charge in [-0.05, 0) is 12.8 Å². The molecule has 1 aliphatic carbocycles. The van der Waals surface area contributed by atoms with E-state index in [0.717, 1.165) is 13.8 Å². The fourth-order valence-corrected chi connectivity index (χ4v) is 1.45. The van der Waals surface area contributed by atoms with Crippen LogP contribution in [0, 0.1) is 10.8 Å². The summed E-state index contributed by atoms with van der Waals surface area (Å²) in [6.07, 6.45) is -4.27. The summed E-state index contributed by atoms with van der Waals surface area (Å²) in [6, 6.07) is 0. The van der Waals surface area contributed by atoms with Crippen molar-refractivity contribution in [3.8, 4) is 0 Å². The van der Waals surface area contributed by atoms with Gasteiger partial charge in [0.05, 0.1) is 10.8 Å². The van der Waals surface area contributed by atoms with E-state index >= 15 is 0 Å². The summed E-state index contributed by atoms with van der Waals surface area (Å²) in [5.74, 6) is -1.79. The van der Waals surface area contributed by atoms with Crippen molar-refractivity contribution in [1.82, 2.24) is 5.32 Å². The number of carbonyl (C=O) groups is 2. The van der Waals surface area contributed by atoms with E-state index in [0.29, 0.717) is 12.8 Å². The van der Waals surface area contributed by atoms with E-state index < -0.39 is 35.3 Å². The zero-order valence-corrected chi connectivity index (χ0v) is 10.2. The Morgan fingerprint density at radius 1 is 1.28 bits per heavy atom. The molecule has 0 aromatic rings. The molecule has 1 aliphatic rings. The number of hydrogen-bond donors (Lipinski definition) is 2. The second-order valence-electron chi connectivity index (χ2n) is 5.42. The van der Waals surface area contributed by atoms with Gasteiger partial charge < -0.3 is 10.4 Å². The SMILES string of the molecule is CC(C)(CC(=O)NCC1(C(=O)O)CC1)C(F)(F)F. The first-order chi connectivity index (χ1) is 8.00. The number of carboxylic acid groups (broad SMARTS) is 1. The predicted octanol–water partition coefficient (Wildman–Crippen LogP) is 1.95. The van der Waals surface area contributed by atoms with Crippen molar-refractivity contribution < 1.29 is 27.9 Å². The second kappa shape index (κ2) is 4.44. The van der Waals surface area contributed by atoms with Crippen LogP contribution < -0.4 is 5.32 Å². The van der Waals surface area contributed by atoms with Crippen molar-refractivity contribution >= 4 is 11.9 Å². The Morgan fingerprint density at radius 3 is 2.11 bits per heavy atom. The number of amides is 1. The number of carboxylic acids is 1. The van der Waals surface area contributed by atoms with Crippen LogP contribution in [0.3, 0.4) is 0 Å². The Kier molecular flexibility index (Phi) is 3.65. The molecule has 18 heavy (non-hydrogen) atoms. The molecule has 0 bridgehead atoms. The summed E-state index contributed by atoms with van der Waals surface area (Å²) in [6.45, 7) is 1.78. The highest BCUT2D eigenvalue weighted by Crippen LogP contribution is 2.45. The number of halogens is 3. The van der Waals surface area contributed by atoms with Crippen molar-refractivity contribution in [2.75, 3.05) is 6.54 Å². The van der Waals surface area contributed by atoms with Crippen LogP contribution in [-0.4, -0.2) is 29.7 Å². The molecule has 0 radical (unpaired) electrons. The molecule has 0 spiro atoms. The van der Waals surface area contributed by atoms with E-state index in [9.17, 15) is 22.8 Å². The fraction of sp³-hybridized carbons (Fsp3) is 0.818. The monoisotopic (exact) mass is 267 g/mol. The molecule has 7 heteroatoms. The zero-order chi connectivity index (χ0) is 14.2. The number of carbonyl (C=O) groups excluding carboxylic acids is 1. The van der Waals surface area contributed by atoms with Crippen LogP contribution in [0.25, 0.3) is 0 Å². The van der Waals surface area contributed by atoms with Crippen LogP contribution in [0.15, 0.2) is 0 Å². The smallest absolute Gasteiger partial charge is 0.394 e. The first-order valence-corrected chi connectivity index (χ1v) is 5.57. The Balaban J connectivity index is 2.46. The van der Waals surface area contributed by atoms with E-state index in [1.807, 2.05) is 0 Å². The molecule has 0 aliphatic heterocycles. The number of hydrogen-bond acceptors (Lipinski definition) is 2. The number of rotatable bonds is 5. The van der Waals surface area contributed by atoms with Crippen LogP contribution in [0.5, 0.6) is 0 Å². The first-order valence-electron chi connectivity index (χ1n) is 5.57. The number of alkyl halides is 3. The molecule has 0 heterocycles. The fourth-order valence-electron chi connectivity index (χ4n) is 1.45. The van der Waals surface area contributed by atoms with Crippen LogP contribution in [0.1, 0.15) is 33.1 Å². The Hall–Kier alpha value is -1.27. The normalized spacial score (nSPS) is 18.3. The first kappa shape index (κ1) is 14.8. The van der Waals surface area contributed by atoms with Crippen molar-refractivity contribution in [3.05, 3.63) is 0 Å². The Labute approximate surface area is 103 Å². The molecule has 1 fully saturated rings. The van der Waals surface area contributed by atoms with Gasteiger partial charge in [0.2, 0.25) is 5.91 Å². The van der Waals surface area contributed by atoms with E-state index in [1.54, 1.807) is 0 Å². The van der Waals surface area contributed by atoms with Gasteiger partial charge in [0.25, 0.3) is 0 Å². The Morgan fingerprint density at radius 2 is 1.78 bits per heavy atom. The lowest BCUT2D eigenvalue weighted by Gasteiger charge is -2.27. The van der Waals surface area contributed by atoms with Gasteiger partial charge in [0, 0.05) is 13.0 Å². The van der Waals surface area contributed by atoms with Crippen LogP contribution in [0.2, 0.25) is 0 Å². The molecular formula is C11H16F3NO3. The summed E-state index contributed by atoms with van der Waals surface area (Å²) in [5, 5.41) is 11.1. The average molecular weight is 267 g/mol. The molecular weight excluding hydrogens is 251 g/mol. The lowest BCUT2D eigenvalue weighted by atomic mass is 9.88. The lowest BCUT2D eigenvalue weighted by molar-refractivity contribution is -0.213. The van der Waals surface area contributed by atoms with Gasteiger partial charge in [-0.15, -0.1) is 0 Å². The van der Waals surface area contributed by atoms with Crippen LogP contribution in [-0.2, 0) is 9.59 Å². The van der Waals surface area contributed by atoms with Crippen LogP contribution in [0.4, 0.5) is 13.2 Å². The maximum atomic E-state index is 12.5. The largest absolute Gasteiger partial charge is 0.481 e. The van der Waals surface area contributed by atoms with Gasteiger partial charge in [0.1, 0.15) is 0 Å². The van der Waals surface area contributed by atoms with Crippen molar-refractivity contribution in [3.63, 3.8) is 0 Å². The average Bonchev–Trinajstić information content (AvgIpc) is 2.92. The third kappa shape index (κ3) is 3.14. The third-order valence-electron chi connectivity index (χ3n) is 3.30. The predicted molar refractivity (Wildman–Crippen MR) is 56.8 cm³/mol. The van der Waals surface area contributed by atoms with Gasteiger partial charge in [-0.25, -0.2) is 0 Å². The van der Waals surface area contributed by atoms with E-state index in [1.165, 1.54) is 0 Å². The Bertz CT molecular complexity index is 359. The van der Waals surface area contributed by atoms with E-state index in [4.69, 9.17) is 5.11 Å². The van der Waals surface area contributed by atoms with Gasteiger partial charge in [-0.3, -0.25) is 9.59 Å². The van der Waals surface area contributed by atoms with Gasteiger partial charge in [-0.1, -0.05) is 13.8 Å². The number of nitrogens with one attached hydrogen (secondary N) is 1. The summed E-state index contributed by atoms with van der Waals surface area (Å²) >= 11 is 0. The molecule has 0 saturated heterocycles. The van der Waals surface area contributed by atoms with Crippen molar-refractivity contribution in [2.45, 2.75) is 39.3 Å². The molecule has 1 amide bonds. The standard InChI is InChI=1S/C11H16F3NO3/c1-9(2,11(12,13)14)5-7(16)15-6-10(3-4-10)8(17)18/h3-6H2,1-2H3,(H,15,16)(H,17,18). The minimum absolute atomic E-state index is 0.102. The highest BCUT2D eigenvalue weighted by Gasteiger charge is 2.51. The topological polar surface area (TPSA) is 66.4 Å². The maximum absolute atomic E-state index is 12.5. The molecule has 0 aromatic carbocycles. The summed E-state index contributed by atoms with van der Waals surface area (Å²) in [4.78, 5) is 22.2. The molecule has 0 unspecified atom stereocenters.